The Bertz CT molecular complexity index is 995. The summed E-state index contributed by atoms with van der Waals surface area (Å²) in [7, 11) is 0. The van der Waals surface area contributed by atoms with Crippen LogP contribution < -0.4 is 16.2 Å². The van der Waals surface area contributed by atoms with Crippen LogP contribution in [0.25, 0.3) is 10.9 Å². The first-order chi connectivity index (χ1) is 12.2. The second-order valence-electron chi connectivity index (χ2n) is 6.67. The molecule has 1 atom stereocenters. The number of carbonyl (C=O) groups is 3. The van der Waals surface area contributed by atoms with E-state index in [9.17, 15) is 19.2 Å². The molecule has 0 aliphatic carbocycles. The van der Waals surface area contributed by atoms with Gasteiger partial charge in [0.05, 0.1) is 10.9 Å². The number of nitrogens with zero attached hydrogens (tertiary/aromatic N) is 2. The number of benzene rings is 1. The van der Waals surface area contributed by atoms with Gasteiger partial charge < -0.3 is 5.32 Å². The van der Waals surface area contributed by atoms with Gasteiger partial charge in [-0.2, -0.15) is 0 Å². The number of amides is 3. The fraction of sp³-hybridized carbons (Fsp3) is 0.389. The van der Waals surface area contributed by atoms with Gasteiger partial charge in [-0.25, -0.2) is 4.98 Å². The lowest BCUT2D eigenvalue weighted by molar-refractivity contribution is -0.140. The summed E-state index contributed by atoms with van der Waals surface area (Å²) < 4.78 is 1.36. The van der Waals surface area contributed by atoms with E-state index < -0.39 is 11.4 Å². The molecule has 0 bridgehead atoms. The molecule has 2 N–H and O–H groups in total. The van der Waals surface area contributed by atoms with E-state index in [1.807, 2.05) is 0 Å². The molecule has 0 spiro atoms. The van der Waals surface area contributed by atoms with Crippen molar-refractivity contribution >= 4 is 28.6 Å². The van der Waals surface area contributed by atoms with Crippen LogP contribution in [0.2, 0.25) is 0 Å². The van der Waals surface area contributed by atoms with E-state index in [-0.39, 0.29) is 36.8 Å². The highest BCUT2D eigenvalue weighted by Gasteiger charge is 2.42. The second-order valence-corrected chi connectivity index (χ2v) is 6.67. The summed E-state index contributed by atoms with van der Waals surface area (Å²) in [5.74, 6) is -0.677. The Kier molecular flexibility index (Phi) is 4.35. The molecule has 2 heterocycles. The van der Waals surface area contributed by atoms with Crippen LogP contribution in [0.4, 0.5) is 0 Å². The van der Waals surface area contributed by atoms with Crippen LogP contribution in [0.1, 0.15) is 38.1 Å². The molecule has 8 nitrogen and oxygen atoms in total. The smallest absolute Gasteiger partial charge is 0.262 e. The summed E-state index contributed by atoms with van der Waals surface area (Å²) in [6.45, 7) is 4.88. The van der Waals surface area contributed by atoms with Crippen LogP contribution >= 0.6 is 0 Å². The minimum atomic E-state index is -1.20. The molecule has 1 fully saturated rings. The Hall–Kier alpha value is -3.03. The summed E-state index contributed by atoms with van der Waals surface area (Å²) in [5.41, 5.74) is -0.431. The third-order valence-corrected chi connectivity index (χ3v) is 4.75. The van der Waals surface area contributed by atoms with Crippen LogP contribution in [0.5, 0.6) is 0 Å². The first kappa shape index (κ1) is 17.8. The van der Waals surface area contributed by atoms with Crippen molar-refractivity contribution in [1.29, 1.82) is 0 Å². The molecule has 1 aliphatic rings. The number of aryl methyl sites for hydroxylation is 1. The normalized spacial score (nSPS) is 20.1. The maximum atomic E-state index is 13.3. The Morgan fingerprint density at radius 2 is 2.08 bits per heavy atom. The van der Waals surface area contributed by atoms with Crippen molar-refractivity contribution in [3.63, 3.8) is 0 Å². The molecule has 3 amide bonds. The summed E-state index contributed by atoms with van der Waals surface area (Å²) in [6, 6.07) is 5.23. The number of hydrogen-bond acceptors (Lipinski definition) is 5. The third-order valence-electron chi connectivity index (χ3n) is 4.75. The van der Waals surface area contributed by atoms with Gasteiger partial charge in [0.25, 0.3) is 11.5 Å². The number of rotatable bonds is 3. The number of piperidine rings is 1. The number of hydrogen-bond donors (Lipinski definition) is 2. The molecule has 26 heavy (non-hydrogen) atoms. The Morgan fingerprint density at radius 1 is 1.35 bits per heavy atom. The van der Waals surface area contributed by atoms with Crippen LogP contribution in [0.15, 0.2) is 23.0 Å². The molecule has 1 aromatic heterocycles. The number of fused-ring (bicyclic) bond motifs is 1. The number of nitrogens with one attached hydrogen (secondary N) is 2. The van der Waals surface area contributed by atoms with Crippen LogP contribution in [-0.4, -0.2) is 27.3 Å². The molecule has 0 saturated carbocycles. The maximum absolute atomic E-state index is 13.3. The Morgan fingerprint density at radius 3 is 2.73 bits per heavy atom. The predicted octanol–water partition coefficient (Wildman–Crippen LogP) is 0.493. The fourth-order valence-corrected chi connectivity index (χ4v) is 3.37. The van der Waals surface area contributed by atoms with E-state index in [1.165, 1.54) is 11.5 Å². The number of carbonyl (C=O) groups excluding carboxylic acids is 3. The minimum absolute atomic E-state index is 0.152. The van der Waals surface area contributed by atoms with Crippen molar-refractivity contribution < 1.29 is 14.4 Å². The average Bonchev–Trinajstić information content (AvgIpc) is 2.56. The third kappa shape index (κ3) is 2.87. The monoisotopic (exact) mass is 356 g/mol. The molecule has 2 aromatic rings. The SMILES string of the molecule is CC(=O)NCc1cccc2nc(C)n([C@]3(C)CCC(=O)NC3=O)c(=O)c12. The fourth-order valence-electron chi connectivity index (χ4n) is 3.37. The molecular formula is C18H20N4O4. The van der Waals surface area contributed by atoms with E-state index in [0.29, 0.717) is 22.3 Å². The molecule has 1 saturated heterocycles. The standard InChI is InChI=1S/C18H20N4O4/c1-10-20-13-6-4-5-12(9-19-11(2)23)15(13)16(25)22(10)18(3)8-7-14(24)21-17(18)26/h4-6H,7-9H2,1-3H3,(H,19,23)(H,21,24,26)/t18-/m1/s1. The van der Waals surface area contributed by atoms with Crippen molar-refractivity contribution in [1.82, 2.24) is 20.2 Å². The van der Waals surface area contributed by atoms with Gasteiger partial charge in [-0.15, -0.1) is 0 Å². The van der Waals surface area contributed by atoms with Gasteiger partial charge in [-0.3, -0.25) is 29.1 Å². The zero-order valence-electron chi connectivity index (χ0n) is 14.9. The van der Waals surface area contributed by atoms with Crippen molar-refractivity contribution in [2.45, 2.75) is 45.7 Å². The lowest BCUT2D eigenvalue weighted by atomic mass is 9.90. The van der Waals surface area contributed by atoms with E-state index in [0.717, 1.165) is 0 Å². The predicted molar refractivity (Wildman–Crippen MR) is 94.3 cm³/mol. The highest BCUT2D eigenvalue weighted by Crippen LogP contribution is 2.27. The van der Waals surface area contributed by atoms with Gasteiger partial charge in [-0.1, -0.05) is 12.1 Å². The van der Waals surface area contributed by atoms with Crippen molar-refractivity contribution in [3.05, 3.63) is 39.9 Å². The molecule has 0 radical (unpaired) electrons. The van der Waals surface area contributed by atoms with E-state index in [4.69, 9.17) is 0 Å². The zero-order chi connectivity index (χ0) is 19.1. The van der Waals surface area contributed by atoms with Crippen molar-refractivity contribution in [3.8, 4) is 0 Å². The molecule has 0 unspecified atom stereocenters. The van der Waals surface area contributed by atoms with Gasteiger partial charge in [0.1, 0.15) is 11.4 Å². The summed E-state index contributed by atoms with van der Waals surface area (Å²) in [5, 5.41) is 5.34. The largest absolute Gasteiger partial charge is 0.352 e. The van der Waals surface area contributed by atoms with Gasteiger partial charge >= 0.3 is 0 Å². The van der Waals surface area contributed by atoms with Crippen LogP contribution in [0, 0.1) is 6.92 Å². The molecule has 3 rings (SSSR count). The van der Waals surface area contributed by atoms with Crippen LogP contribution in [0.3, 0.4) is 0 Å². The Balaban J connectivity index is 2.22. The lowest BCUT2D eigenvalue weighted by Gasteiger charge is -2.34. The second kappa shape index (κ2) is 6.36. The van der Waals surface area contributed by atoms with E-state index in [1.54, 1.807) is 32.0 Å². The van der Waals surface area contributed by atoms with Gasteiger partial charge in [0.2, 0.25) is 11.8 Å². The zero-order valence-corrected chi connectivity index (χ0v) is 14.9. The minimum Gasteiger partial charge on any atom is -0.352 e. The Labute approximate surface area is 149 Å². The lowest BCUT2D eigenvalue weighted by Crippen LogP contribution is -2.56. The molecule has 8 heteroatoms. The summed E-state index contributed by atoms with van der Waals surface area (Å²) in [6.07, 6.45) is 0.374. The highest BCUT2D eigenvalue weighted by atomic mass is 16.2. The average molecular weight is 356 g/mol. The van der Waals surface area contributed by atoms with Crippen molar-refractivity contribution in [2.75, 3.05) is 0 Å². The molecular weight excluding hydrogens is 336 g/mol. The molecule has 1 aromatic carbocycles. The van der Waals surface area contributed by atoms with E-state index >= 15 is 0 Å². The number of imide groups is 1. The van der Waals surface area contributed by atoms with Gasteiger partial charge in [-0.05, 0) is 31.9 Å². The van der Waals surface area contributed by atoms with Crippen molar-refractivity contribution in [2.24, 2.45) is 0 Å². The maximum Gasteiger partial charge on any atom is 0.262 e. The van der Waals surface area contributed by atoms with Gasteiger partial charge in [0, 0.05) is 19.9 Å². The first-order valence-electron chi connectivity index (χ1n) is 8.34. The van der Waals surface area contributed by atoms with E-state index in [2.05, 4.69) is 15.6 Å². The molecule has 136 valence electrons. The highest BCUT2D eigenvalue weighted by molar-refractivity contribution is 6.01. The first-order valence-corrected chi connectivity index (χ1v) is 8.34. The topological polar surface area (TPSA) is 110 Å². The quantitative estimate of drug-likeness (QED) is 0.778. The van der Waals surface area contributed by atoms with Gasteiger partial charge in [0.15, 0.2) is 0 Å². The molecule has 1 aliphatic heterocycles. The summed E-state index contributed by atoms with van der Waals surface area (Å²) in [4.78, 5) is 53.0. The number of aromatic nitrogens is 2. The summed E-state index contributed by atoms with van der Waals surface area (Å²) >= 11 is 0. The van der Waals surface area contributed by atoms with Crippen LogP contribution in [-0.2, 0) is 26.5 Å².